The summed E-state index contributed by atoms with van der Waals surface area (Å²) < 4.78 is 6.10. The Morgan fingerprint density at radius 2 is 2.06 bits per heavy atom. The third-order valence-electron chi connectivity index (χ3n) is 3.48. The van der Waals surface area contributed by atoms with Gasteiger partial charge in [0.1, 0.15) is 0 Å². The molecule has 1 fully saturated rings. The van der Waals surface area contributed by atoms with E-state index in [1.165, 1.54) is 29.6 Å². The second kappa shape index (κ2) is 5.47. The topological polar surface area (TPSA) is 9.23 Å². The molecule has 1 aromatic carbocycles. The van der Waals surface area contributed by atoms with Crippen LogP contribution in [0.2, 0.25) is 6.04 Å². The lowest BCUT2D eigenvalue weighted by Gasteiger charge is -2.33. The van der Waals surface area contributed by atoms with Gasteiger partial charge in [0.2, 0.25) is 8.32 Å². The van der Waals surface area contributed by atoms with Crippen molar-refractivity contribution >= 4 is 14.4 Å². The van der Waals surface area contributed by atoms with Crippen molar-refractivity contribution < 1.29 is 4.43 Å². The van der Waals surface area contributed by atoms with Gasteiger partial charge in [0.25, 0.3) is 0 Å². The van der Waals surface area contributed by atoms with Gasteiger partial charge in [-0.15, -0.1) is 6.58 Å². The molecule has 0 aliphatic carbocycles. The van der Waals surface area contributed by atoms with Crippen LogP contribution >= 0.6 is 0 Å². The molecular formula is C15H20OSi. The smallest absolute Gasteiger partial charge is 0.243 e. The van der Waals surface area contributed by atoms with Gasteiger partial charge >= 0.3 is 0 Å². The van der Waals surface area contributed by atoms with Crippen LogP contribution in [0.1, 0.15) is 25.3 Å². The normalized spacial score (nSPS) is 25.6. The van der Waals surface area contributed by atoms with Crippen molar-refractivity contribution in [3.63, 3.8) is 0 Å². The lowest BCUT2D eigenvalue weighted by Crippen LogP contribution is -2.41. The number of hydrogen-bond donors (Lipinski definition) is 0. The Balaban J connectivity index is 2.25. The Bertz CT molecular complexity index is 402. The van der Waals surface area contributed by atoms with Gasteiger partial charge in [-0.25, -0.2) is 0 Å². The fourth-order valence-corrected chi connectivity index (χ4v) is 5.48. The maximum atomic E-state index is 6.10. The summed E-state index contributed by atoms with van der Waals surface area (Å²) in [5, 5.41) is 1.39. The van der Waals surface area contributed by atoms with Crippen LogP contribution in [0, 0.1) is 0 Å². The molecule has 0 amide bonds. The first-order chi connectivity index (χ1) is 8.27. The van der Waals surface area contributed by atoms with E-state index in [0.29, 0.717) is 0 Å². The standard InChI is InChI=1S/C15H20OSi/c1-3-17(12-8-7-11-16-17)14(2)13-15-9-5-4-6-10-15/h3-6,9-10,13H,1,7-8,11-12H2,2H3. The maximum Gasteiger partial charge on any atom is 0.243 e. The Kier molecular flexibility index (Phi) is 3.97. The molecule has 90 valence electrons. The number of benzene rings is 1. The molecule has 0 N–H and O–H groups in total. The number of allylic oxidation sites excluding steroid dienone is 1. The largest absolute Gasteiger partial charge is 0.409 e. The van der Waals surface area contributed by atoms with E-state index in [1.807, 2.05) is 6.07 Å². The van der Waals surface area contributed by atoms with Crippen LogP contribution in [0.15, 0.2) is 47.8 Å². The fourth-order valence-electron chi connectivity index (χ4n) is 2.37. The second-order valence-electron chi connectivity index (χ2n) is 4.64. The molecule has 1 aliphatic rings. The summed E-state index contributed by atoms with van der Waals surface area (Å²) in [6.07, 6.45) is 4.73. The average Bonchev–Trinajstić information content (AvgIpc) is 2.40. The van der Waals surface area contributed by atoms with Gasteiger partial charge < -0.3 is 4.43 Å². The summed E-state index contributed by atoms with van der Waals surface area (Å²) in [6.45, 7) is 7.12. The van der Waals surface area contributed by atoms with Crippen molar-refractivity contribution in [1.82, 2.24) is 0 Å². The van der Waals surface area contributed by atoms with Crippen LogP contribution in [0.25, 0.3) is 6.08 Å². The molecule has 0 saturated carbocycles. The second-order valence-corrected chi connectivity index (χ2v) is 8.40. The van der Waals surface area contributed by atoms with Crippen molar-refractivity contribution in [2.75, 3.05) is 6.61 Å². The van der Waals surface area contributed by atoms with Gasteiger partial charge in [-0.2, -0.15) is 0 Å². The van der Waals surface area contributed by atoms with Gasteiger partial charge in [0.05, 0.1) is 0 Å². The maximum absolute atomic E-state index is 6.10. The Morgan fingerprint density at radius 3 is 2.65 bits per heavy atom. The molecule has 1 aliphatic heterocycles. The van der Waals surface area contributed by atoms with Crippen LogP contribution in [0.3, 0.4) is 0 Å². The SMILES string of the molecule is C=C[Si]1(C(C)=Cc2ccccc2)CCCCO1. The summed E-state index contributed by atoms with van der Waals surface area (Å²) in [7, 11) is -1.82. The Labute approximate surface area is 105 Å². The van der Waals surface area contributed by atoms with Crippen molar-refractivity contribution in [3.05, 3.63) is 53.4 Å². The molecule has 1 atom stereocenters. The molecule has 1 unspecified atom stereocenters. The lowest BCUT2D eigenvalue weighted by molar-refractivity contribution is 0.280. The van der Waals surface area contributed by atoms with Crippen LogP contribution in [-0.2, 0) is 4.43 Å². The van der Waals surface area contributed by atoms with Gasteiger partial charge in [0, 0.05) is 6.61 Å². The highest BCUT2D eigenvalue weighted by atomic mass is 28.4. The minimum absolute atomic E-state index is 0.901. The minimum Gasteiger partial charge on any atom is -0.409 e. The zero-order valence-electron chi connectivity index (χ0n) is 10.5. The fraction of sp³-hybridized carbons (Fsp3) is 0.333. The van der Waals surface area contributed by atoms with Crippen LogP contribution < -0.4 is 0 Å². The molecule has 0 spiro atoms. The highest BCUT2D eigenvalue weighted by molar-refractivity contribution is 6.85. The molecule has 2 rings (SSSR count). The van der Waals surface area contributed by atoms with Crippen LogP contribution in [0.4, 0.5) is 0 Å². The quantitative estimate of drug-likeness (QED) is 0.727. The molecule has 17 heavy (non-hydrogen) atoms. The van der Waals surface area contributed by atoms with Crippen LogP contribution in [-0.4, -0.2) is 14.9 Å². The summed E-state index contributed by atoms with van der Waals surface area (Å²) in [5.74, 6) is 0. The van der Waals surface area contributed by atoms with Gasteiger partial charge in [-0.3, -0.25) is 0 Å². The predicted molar refractivity (Wildman–Crippen MR) is 76.0 cm³/mol. The van der Waals surface area contributed by atoms with E-state index in [2.05, 4.69) is 49.5 Å². The molecule has 1 nitrogen and oxygen atoms in total. The highest BCUT2D eigenvalue weighted by Gasteiger charge is 2.35. The predicted octanol–water partition coefficient (Wildman–Crippen LogP) is 4.11. The van der Waals surface area contributed by atoms with Crippen molar-refractivity contribution in [1.29, 1.82) is 0 Å². The monoisotopic (exact) mass is 244 g/mol. The van der Waals surface area contributed by atoms with E-state index < -0.39 is 8.32 Å². The zero-order chi connectivity index (χ0) is 12.1. The highest BCUT2D eigenvalue weighted by Crippen LogP contribution is 2.30. The zero-order valence-corrected chi connectivity index (χ0v) is 11.5. The summed E-state index contributed by atoms with van der Waals surface area (Å²) in [4.78, 5) is 0. The molecule has 2 heteroatoms. The lowest BCUT2D eigenvalue weighted by atomic mass is 10.2. The van der Waals surface area contributed by atoms with Crippen LogP contribution in [0.5, 0.6) is 0 Å². The number of rotatable bonds is 3. The van der Waals surface area contributed by atoms with Crippen molar-refractivity contribution in [2.24, 2.45) is 0 Å². The summed E-state index contributed by atoms with van der Waals surface area (Å²) in [5.41, 5.74) is 3.36. The molecule has 0 bridgehead atoms. The van der Waals surface area contributed by atoms with E-state index in [0.717, 1.165) is 6.61 Å². The first-order valence-corrected chi connectivity index (χ1v) is 8.47. The molecule has 1 saturated heterocycles. The van der Waals surface area contributed by atoms with Gasteiger partial charge in [-0.05, 0) is 25.0 Å². The van der Waals surface area contributed by atoms with E-state index in [4.69, 9.17) is 4.43 Å². The van der Waals surface area contributed by atoms with E-state index in [1.54, 1.807) is 0 Å². The summed E-state index contributed by atoms with van der Waals surface area (Å²) in [6, 6.07) is 11.6. The van der Waals surface area contributed by atoms with Gasteiger partial charge in [0.15, 0.2) is 0 Å². The minimum atomic E-state index is -1.82. The molecule has 1 heterocycles. The average molecular weight is 244 g/mol. The summed E-state index contributed by atoms with van der Waals surface area (Å²) >= 11 is 0. The van der Waals surface area contributed by atoms with Crippen molar-refractivity contribution in [3.8, 4) is 0 Å². The third kappa shape index (κ3) is 2.76. The van der Waals surface area contributed by atoms with E-state index in [9.17, 15) is 0 Å². The van der Waals surface area contributed by atoms with E-state index >= 15 is 0 Å². The third-order valence-corrected chi connectivity index (χ3v) is 7.44. The van der Waals surface area contributed by atoms with Gasteiger partial charge in [-0.1, -0.05) is 53.7 Å². The molecule has 0 radical (unpaired) electrons. The molecule has 1 aromatic rings. The number of hydrogen-bond acceptors (Lipinski definition) is 1. The van der Waals surface area contributed by atoms with E-state index in [-0.39, 0.29) is 0 Å². The molecular weight excluding hydrogens is 224 g/mol. The van der Waals surface area contributed by atoms with Crippen molar-refractivity contribution in [2.45, 2.75) is 25.8 Å². The Hall–Kier alpha value is -1.12. The Morgan fingerprint density at radius 1 is 1.29 bits per heavy atom. The molecule has 0 aromatic heterocycles. The first-order valence-electron chi connectivity index (χ1n) is 6.28. The first kappa shape index (κ1) is 12.3.